The van der Waals surface area contributed by atoms with E-state index in [0.717, 1.165) is 0 Å². The molecule has 0 saturated carbocycles. The van der Waals surface area contributed by atoms with E-state index in [1.165, 1.54) is 28.6 Å². The molecule has 2 aromatic rings. The Labute approximate surface area is 144 Å². The summed E-state index contributed by atoms with van der Waals surface area (Å²) in [4.78, 5) is 12.4. The van der Waals surface area contributed by atoms with Gasteiger partial charge in [0.2, 0.25) is 15.9 Å². The lowest BCUT2D eigenvalue weighted by Crippen LogP contribution is -2.43. The molecule has 1 aromatic heterocycles. The topological polar surface area (TPSA) is 92.5 Å². The van der Waals surface area contributed by atoms with Gasteiger partial charge in [-0.2, -0.15) is 4.31 Å². The number of halogens is 1. The fourth-order valence-electron chi connectivity index (χ4n) is 2.84. The Hall–Kier alpha value is -2.26. The second-order valence-electron chi connectivity index (χ2n) is 5.96. The third-order valence-electron chi connectivity index (χ3n) is 4.01. The molecule has 1 saturated heterocycles. The summed E-state index contributed by atoms with van der Waals surface area (Å²) in [6.07, 6.45) is 1.03. The molecule has 25 heavy (non-hydrogen) atoms. The number of anilines is 1. The predicted octanol–water partition coefficient (Wildman–Crippen LogP) is 2.06. The average Bonchev–Trinajstić information content (AvgIpc) is 3.19. The van der Waals surface area contributed by atoms with Gasteiger partial charge in [0.15, 0.2) is 5.82 Å². The van der Waals surface area contributed by atoms with Crippen molar-refractivity contribution in [3.63, 3.8) is 0 Å². The van der Waals surface area contributed by atoms with Crippen molar-refractivity contribution in [1.82, 2.24) is 9.46 Å². The molecule has 1 aliphatic rings. The minimum Gasteiger partial charge on any atom is -0.360 e. The fourth-order valence-corrected chi connectivity index (χ4v) is 4.62. The number of hydrogen-bond acceptors (Lipinski definition) is 5. The van der Waals surface area contributed by atoms with E-state index in [2.05, 4.69) is 10.5 Å². The van der Waals surface area contributed by atoms with Gasteiger partial charge in [0.25, 0.3) is 0 Å². The number of aryl methyl sites for hydroxylation is 1. The summed E-state index contributed by atoms with van der Waals surface area (Å²) in [6.45, 7) is 1.97. The first kappa shape index (κ1) is 17.6. The van der Waals surface area contributed by atoms with Crippen molar-refractivity contribution in [1.29, 1.82) is 0 Å². The van der Waals surface area contributed by atoms with Gasteiger partial charge in [0, 0.05) is 12.6 Å². The van der Waals surface area contributed by atoms with Crippen molar-refractivity contribution in [2.75, 3.05) is 11.9 Å². The maximum atomic E-state index is 13.0. The summed E-state index contributed by atoms with van der Waals surface area (Å²) < 4.78 is 44.4. The van der Waals surface area contributed by atoms with Crippen LogP contribution in [0.4, 0.5) is 10.2 Å². The van der Waals surface area contributed by atoms with Gasteiger partial charge < -0.3 is 9.84 Å². The molecule has 2 heterocycles. The minimum absolute atomic E-state index is 0.255. The number of nitrogens with zero attached hydrogens (tertiary/aromatic N) is 2. The Morgan fingerprint density at radius 1 is 1.40 bits per heavy atom. The minimum atomic E-state index is -3.70. The van der Waals surface area contributed by atoms with Crippen LogP contribution in [-0.4, -0.2) is 36.4 Å². The Morgan fingerprint density at radius 2 is 2.12 bits per heavy atom. The zero-order valence-corrected chi connectivity index (χ0v) is 14.4. The van der Waals surface area contributed by atoms with E-state index in [-0.39, 0.29) is 18.1 Å². The van der Waals surface area contributed by atoms with E-state index in [1.54, 1.807) is 13.0 Å². The van der Waals surface area contributed by atoms with Gasteiger partial charge in [-0.15, -0.1) is 0 Å². The quantitative estimate of drug-likeness (QED) is 0.873. The molecular weight excluding hydrogens is 349 g/mol. The van der Waals surface area contributed by atoms with Crippen LogP contribution in [0.15, 0.2) is 34.9 Å². The Bertz CT molecular complexity index is 864. The van der Waals surface area contributed by atoms with Crippen LogP contribution in [0.3, 0.4) is 0 Å². The normalized spacial score (nSPS) is 18.4. The number of aromatic nitrogens is 1. The summed E-state index contributed by atoms with van der Waals surface area (Å²) in [7, 11) is -3.70. The molecule has 1 atom stereocenters. The first-order valence-corrected chi connectivity index (χ1v) is 9.44. The smallest absolute Gasteiger partial charge is 0.244 e. The molecule has 1 N–H and O–H groups in total. The highest BCUT2D eigenvalue weighted by Crippen LogP contribution is 2.25. The monoisotopic (exact) mass is 367 g/mol. The van der Waals surface area contributed by atoms with Gasteiger partial charge in [-0.25, -0.2) is 12.8 Å². The zero-order chi connectivity index (χ0) is 18.0. The maximum absolute atomic E-state index is 13.0. The van der Waals surface area contributed by atoms with Crippen molar-refractivity contribution >= 4 is 21.7 Å². The zero-order valence-electron chi connectivity index (χ0n) is 13.6. The number of carbonyl (C=O) groups excluding carboxylic acids is 1. The van der Waals surface area contributed by atoms with E-state index in [0.29, 0.717) is 24.2 Å². The number of sulfonamides is 1. The fraction of sp³-hybridized carbons (Fsp3) is 0.375. The second-order valence-corrected chi connectivity index (χ2v) is 7.89. The van der Waals surface area contributed by atoms with Crippen LogP contribution >= 0.6 is 0 Å². The third-order valence-corrected chi connectivity index (χ3v) is 5.85. The summed E-state index contributed by atoms with van der Waals surface area (Å²) >= 11 is 0. The van der Waals surface area contributed by atoms with Crippen LogP contribution in [0, 0.1) is 12.7 Å². The SMILES string of the molecule is Cc1cc(NC(=O)[C@@H]2CCCN2S(=O)(=O)Cc2ccc(F)cc2)no1. The number of carbonyl (C=O) groups is 1. The van der Waals surface area contributed by atoms with Crippen molar-refractivity contribution in [2.45, 2.75) is 31.6 Å². The summed E-state index contributed by atoms with van der Waals surface area (Å²) in [5.74, 6) is -0.344. The van der Waals surface area contributed by atoms with Gasteiger partial charge >= 0.3 is 0 Å². The summed E-state index contributed by atoms with van der Waals surface area (Å²) in [5, 5.41) is 6.26. The van der Waals surface area contributed by atoms with E-state index in [1.807, 2.05) is 0 Å². The molecule has 7 nitrogen and oxygen atoms in total. The van der Waals surface area contributed by atoms with Gasteiger partial charge in [-0.3, -0.25) is 4.79 Å². The Balaban J connectivity index is 1.73. The summed E-state index contributed by atoms with van der Waals surface area (Å²) in [5.41, 5.74) is 0.472. The number of amides is 1. The lowest BCUT2D eigenvalue weighted by Gasteiger charge is -2.23. The van der Waals surface area contributed by atoms with Crippen LogP contribution in [-0.2, 0) is 20.6 Å². The first-order valence-electron chi connectivity index (χ1n) is 7.83. The highest BCUT2D eigenvalue weighted by Gasteiger charge is 2.38. The largest absolute Gasteiger partial charge is 0.360 e. The summed E-state index contributed by atoms with van der Waals surface area (Å²) in [6, 6.07) is 6.05. The Kier molecular flexibility index (Phi) is 4.87. The Morgan fingerprint density at radius 3 is 2.76 bits per heavy atom. The molecule has 0 bridgehead atoms. The van der Waals surface area contributed by atoms with Crippen molar-refractivity contribution < 1.29 is 22.1 Å². The number of benzene rings is 1. The van der Waals surface area contributed by atoms with Crippen molar-refractivity contribution in [3.8, 4) is 0 Å². The molecule has 0 radical (unpaired) electrons. The van der Waals surface area contributed by atoms with Crippen LogP contribution in [0.5, 0.6) is 0 Å². The standard InChI is InChI=1S/C16H18FN3O4S/c1-11-9-15(19-24-11)18-16(21)14-3-2-8-20(14)25(22,23)10-12-4-6-13(17)7-5-12/h4-7,9,14H,2-3,8,10H2,1H3,(H,18,19,21)/t14-/m0/s1. The highest BCUT2D eigenvalue weighted by atomic mass is 32.2. The van der Waals surface area contributed by atoms with Crippen LogP contribution < -0.4 is 5.32 Å². The molecule has 0 unspecified atom stereocenters. The number of nitrogens with one attached hydrogen (secondary N) is 1. The van der Waals surface area contributed by atoms with Crippen LogP contribution in [0.25, 0.3) is 0 Å². The van der Waals surface area contributed by atoms with Gasteiger partial charge in [0.05, 0.1) is 5.75 Å². The molecule has 1 amide bonds. The van der Waals surface area contributed by atoms with Gasteiger partial charge in [-0.1, -0.05) is 17.3 Å². The molecular formula is C16H18FN3O4S. The van der Waals surface area contributed by atoms with E-state index >= 15 is 0 Å². The maximum Gasteiger partial charge on any atom is 0.244 e. The lowest BCUT2D eigenvalue weighted by atomic mass is 10.2. The number of hydrogen-bond donors (Lipinski definition) is 1. The highest BCUT2D eigenvalue weighted by molar-refractivity contribution is 7.88. The third kappa shape index (κ3) is 4.05. The average molecular weight is 367 g/mol. The van der Waals surface area contributed by atoms with Crippen LogP contribution in [0.2, 0.25) is 0 Å². The first-order chi connectivity index (χ1) is 11.8. The van der Waals surface area contributed by atoms with E-state index in [9.17, 15) is 17.6 Å². The molecule has 1 fully saturated rings. The molecule has 9 heteroatoms. The molecule has 0 aliphatic carbocycles. The molecule has 1 aliphatic heterocycles. The molecule has 0 spiro atoms. The molecule has 1 aromatic carbocycles. The second kappa shape index (κ2) is 6.93. The van der Waals surface area contributed by atoms with E-state index in [4.69, 9.17) is 4.52 Å². The van der Waals surface area contributed by atoms with Crippen molar-refractivity contribution in [3.05, 3.63) is 47.5 Å². The van der Waals surface area contributed by atoms with E-state index < -0.39 is 27.8 Å². The van der Waals surface area contributed by atoms with Gasteiger partial charge in [-0.05, 0) is 37.5 Å². The van der Waals surface area contributed by atoms with Crippen molar-refractivity contribution in [2.24, 2.45) is 0 Å². The lowest BCUT2D eigenvalue weighted by molar-refractivity contribution is -0.119. The molecule has 134 valence electrons. The van der Waals surface area contributed by atoms with Gasteiger partial charge in [0.1, 0.15) is 17.6 Å². The van der Waals surface area contributed by atoms with Crippen LogP contribution in [0.1, 0.15) is 24.2 Å². The predicted molar refractivity (Wildman–Crippen MR) is 88.6 cm³/mol. The molecule has 3 rings (SSSR count). The number of rotatable bonds is 5.